The van der Waals surface area contributed by atoms with Crippen molar-refractivity contribution in [1.29, 1.82) is 0 Å². The third kappa shape index (κ3) is 4.43. The molecule has 0 aliphatic heterocycles. The van der Waals surface area contributed by atoms with Crippen LogP contribution in [0.4, 0.5) is 0 Å². The van der Waals surface area contributed by atoms with E-state index in [0.717, 1.165) is 60.6 Å². The largest absolute Gasteiger partial charge is 0.456 e. The van der Waals surface area contributed by atoms with Crippen molar-refractivity contribution in [2.45, 2.75) is 0 Å². The zero-order valence-electron chi connectivity index (χ0n) is 31.3. The van der Waals surface area contributed by atoms with Gasteiger partial charge >= 0.3 is 0 Å². The molecule has 0 unspecified atom stereocenters. The Hall–Kier alpha value is -7.68. The normalized spacial score (nSPS) is 12.1. The van der Waals surface area contributed by atoms with Gasteiger partial charge in [-0.1, -0.05) is 152 Å². The molecular weight excluding hydrogens is 705 g/mol. The number of para-hydroxylation sites is 1. The molecule has 0 saturated carbocycles. The summed E-state index contributed by atoms with van der Waals surface area (Å²) in [5.74, 6) is 0. The van der Waals surface area contributed by atoms with Gasteiger partial charge in [-0.25, -0.2) is 0 Å². The lowest BCUT2D eigenvalue weighted by molar-refractivity contribution is 0.669. The molecule has 13 rings (SSSR count). The third-order valence-electron chi connectivity index (χ3n) is 12.4. The molecule has 0 spiro atoms. The predicted octanol–water partition coefficient (Wildman–Crippen LogP) is 16.3. The lowest BCUT2D eigenvalue weighted by atomic mass is 9.84. The van der Waals surface area contributed by atoms with Crippen molar-refractivity contribution in [1.82, 2.24) is 0 Å². The van der Waals surface area contributed by atoms with E-state index >= 15 is 0 Å². The molecule has 0 saturated heterocycles. The average Bonchev–Trinajstić information content (AvgIpc) is 3.86. The van der Waals surface area contributed by atoms with Gasteiger partial charge in [-0.05, 0) is 124 Å². The summed E-state index contributed by atoms with van der Waals surface area (Å²) in [6.07, 6.45) is 0. The topological polar surface area (TPSA) is 26.3 Å². The van der Waals surface area contributed by atoms with Crippen LogP contribution in [-0.2, 0) is 0 Å². The number of hydrogen-bond acceptors (Lipinski definition) is 2. The van der Waals surface area contributed by atoms with Crippen molar-refractivity contribution in [3.63, 3.8) is 0 Å². The molecule has 0 aliphatic carbocycles. The lowest BCUT2D eigenvalue weighted by Crippen LogP contribution is -1.91. The Morgan fingerprint density at radius 3 is 1.50 bits per heavy atom. The molecule has 0 atom stereocenters. The first kappa shape index (κ1) is 31.5. The highest BCUT2D eigenvalue weighted by Gasteiger charge is 2.20. The number of furan rings is 2. The van der Waals surface area contributed by atoms with Crippen molar-refractivity contribution >= 4 is 97.7 Å². The fourth-order valence-corrected chi connectivity index (χ4v) is 9.87. The van der Waals surface area contributed by atoms with Crippen LogP contribution in [0, 0.1) is 0 Å². The Bertz CT molecular complexity index is 3800. The van der Waals surface area contributed by atoms with E-state index in [4.69, 9.17) is 8.83 Å². The van der Waals surface area contributed by atoms with E-state index in [9.17, 15) is 0 Å². The lowest BCUT2D eigenvalue weighted by Gasteiger charge is -2.18. The van der Waals surface area contributed by atoms with E-state index in [1.54, 1.807) is 0 Å². The van der Waals surface area contributed by atoms with E-state index in [1.165, 1.54) is 70.6 Å². The number of hydrogen-bond donors (Lipinski definition) is 0. The van der Waals surface area contributed by atoms with Crippen LogP contribution in [0.5, 0.6) is 0 Å². The van der Waals surface area contributed by atoms with Gasteiger partial charge in [0.05, 0.1) is 0 Å². The van der Waals surface area contributed by atoms with Crippen molar-refractivity contribution in [3.8, 4) is 33.4 Å². The average molecular weight is 737 g/mol. The van der Waals surface area contributed by atoms with Crippen LogP contribution in [0.1, 0.15) is 0 Å². The smallest absolute Gasteiger partial charge is 0.143 e. The summed E-state index contributed by atoms with van der Waals surface area (Å²) in [6.45, 7) is 0. The van der Waals surface area contributed by atoms with Gasteiger partial charge in [-0.3, -0.25) is 0 Å². The first-order valence-electron chi connectivity index (χ1n) is 19.9. The van der Waals surface area contributed by atoms with E-state index in [1.807, 2.05) is 6.07 Å². The van der Waals surface area contributed by atoms with Crippen LogP contribution in [0.25, 0.3) is 131 Å². The Morgan fingerprint density at radius 2 is 0.776 bits per heavy atom. The molecule has 0 fully saturated rings. The molecule has 2 nitrogen and oxygen atoms in total. The van der Waals surface area contributed by atoms with Crippen molar-refractivity contribution in [2.24, 2.45) is 0 Å². The van der Waals surface area contributed by atoms with Crippen molar-refractivity contribution in [2.75, 3.05) is 0 Å². The molecule has 2 heterocycles. The Morgan fingerprint density at radius 1 is 0.259 bits per heavy atom. The maximum atomic E-state index is 6.78. The summed E-state index contributed by atoms with van der Waals surface area (Å²) < 4.78 is 13.3. The van der Waals surface area contributed by atoms with Crippen LogP contribution < -0.4 is 0 Å². The number of benzene rings is 11. The van der Waals surface area contributed by atoms with Crippen LogP contribution in [0.3, 0.4) is 0 Å². The Labute approximate surface area is 332 Å². The molecule has 13 aromatic rings. The van der Waals surface area contributed by atoms with Crippen LogP contribution in [0.2, 0.25) is 0 Å². The summed E-state index contributed by atoms with van der Waals surface area (Å²) in [5.41, 5.74) is 10.8. The van der Waals surface area contributed by atoms with E-state index < -0.39 is 0 Å². The molecule has 0 N–H and O–H groups in total. The zero-order chi connectivity index (χ0) is 37.9. The first-order valence-corrected chi connectivity index (χ1v) is 19.9. The quantitative estimate of drug-likeness (QED) is 0.133. The van der Waals surface area contributed by atoms with Gasteiger partial charge in [-0.2, -0.15) is 0 Å². The second-order valence-electron chi connectivity index (χ2n) is 15.5. The van der Waals surface area contributed by atoms with Gasteiger partial charge in [-0.15, -0.1) is 0 Å². The highest BCUT2D eigenvalue weighted by atomic mass is 16.3. The third-order valence-corrected chi connectivity index (χ3v) is 12.4. The van der Waals surface area contributed by atoms with Gasteiger partial charge in [0.25, 0.3) is 0 Å². The maximum Gasteiger partial charge on any atom is 0.143 e. The predicted molar refractivity (Wildman–Crippen MR) is 245 cm³/mol. The molecule has 0 radical (unpaired) electrons. The summed E-state index contributed by atoms with van der Waals surface area (Å²) in [5, 5.41) is 16.7. The first-order chi connectivity index (χ1) is 28.8. The highest BCUT2D eigenvalue weighted by Crippen LogP contribution is 2.47. The van der Waals surface area contributed by atoms with E-state index in [0.29, 0.717) is 0 Å². The van der Waals surface area contributed by atoms with Crippen molar-refractivity contribution in [3.05, 3.63) is 194 Å². The fraction of sp³-hybridized carbons (Fsp3) is 0. The summed E-state index contributed by atoms with van der Waals surface area (Å²) in [6, 6.07) is 70.2. The molecule has 2 aromatic heterocycles. The van der Waals surface area contributed by atoms with Crippen LogP contribution in [0.15, 0.2) is 203 Å². The van der Waals surface area contributed by atoms with Crippen LogP contribution in [-0.4, -0.2) is 0 Å². The van der Waals surface area contributed by atoms with Gasteiger partial charge in [0.2, 0.25) is 0 Å². The molecular formula is C56H32O2. The van der Waals surface area contributed by atoms with Gasteiger partial charge < -0.3 is 8.83 Å². The van der Waals surface area contributed by atoms with E-state index in [-0.39, 0.29) is 0 Å². The molecule has 11 aromatic carbocycles. The maximum absolute atomic E-state index is 6.78. The molecule has 0 aliphatic rings. The molecule has 2 heteroatoms. The minimum atomic E-state index is 0.878. The Balaban J connectivity index is 0.977. The van der Waals surface area contributed by atoms with Crippen LogP contribution >= 0.6 is 0 Å². The van der Waals surface area contributed by atoms with Gasteiger partial charge in [0, 0.05) is 26.9 Å². The fourth-order valence-electron chi connectivity index (χ4n) is 9.87. The molecule has 0 amide bonds. The molecule has 58 heavy (non-hydrogen) atoms. The minimum Gasteiger partial charge on any atom is -0.456 e. The second kappa shape index (κ2) is 11.9. The van der Waals surface area contributed by atoms with Crippen molar-refractivity contribution < 1.29 is 8.83 Å². The standard InChI is InChI=1S/C56H32O2/c1-2-14-37-33(12-1)13-11-22-41(37)54-45-19-7-5-17-43(45)53(44-18-6-8-20-46(44)54)36-26-28-40-39-27-24-35(31-51(39)57-52(40)32-36)34-25-29-47-49(30-34)38-15-3-4-16-42(38)55-48-21-9-10-23-50(48)58-56(47)55/h1-32H. The summed E-state index contributed by atoms with van der Waals surface area (Å²) in [4.78, 5) is 0. The summed E-state index contributed by atoms with van der Waals surface area (Å²) in [7, 11) is 0. The highest BCUT2D eigenvalue weighted by molar-refractivity contribution is 6.30. The van der Waals surface area contributed by atoms with Gasteiger partial charge in [0.15, 0.2) is 0 Å². The minimum absolute atomic E-state index is 0.878. The summed E-state index contributed by atoms with van der Waals surface area (Å²) >= 11 is 0. The molecule has 0 bridgehead atoms. The number of fused-ring (bicyclic) bond motifs is 14. The van der Waals surface area contributed by atoms with E-state index in [2.05, 4.69) is 188 Å². The SMILES string of the molecule is c1ccc2c(-c3c4ccccc4c(-c4ccc5c(c4)oc4cc(-c6ccc7c(c6)c6ccccc6c6c8ccccc8oc76)ccc45)c4ccccc34)cccc2c1. The second-order valence-corrected chi connectivity index (χ2v) is 15.5. The Kier molecular flexibility index (Phi) is 6.47. The molecule has 268 valence electrons. The van der Waals surface area contributed by atoms with Gasteiger partial charge in [0.1, 0.15) is 22.3 Å². The zero-order valence-corrected chi connectivity index (χ0v) is 31.3. The monoisotopic (exact) mass is 736 g/mol. The number of rotatable bonds is 3.